The van der Waals surface area contributed by atoms with Crippen LogP contribution in [0.25, 0.3) is 11.1 Å². The van der Waals surface area contributed by atoms with Gasteiger partial charge in [-0.15, -0.1) is 0 Å². The van der Waals surface area contributed by atoms with Crippen molar-refractivity contribution in [2.75, 3.05) is 5.73 Å². The molecule has 3 nitrogen and oxygen atoms in total. The van der Waals surface area contributed by atoms with E-state index in [1.165, 1.54) is 16.7 Å². The number of nitrogen functional groups attached to an aromatic ring is 1. The average molecular weight is 305 g/mol. The van der Waals surface area contributed by atoms with Crippen LogP contribution in [0.5, 0.6) is 0 Å². The van der Waals surface area contributed by atoms with Crippen LogP contribution < -0.4 is 5.73 Å². The van der Waals surface area contributed by atoms with Gasteiger partial charge in [0.25, 0.3) is 0 Å². The van der Waals surface area contributed by atoms with Gasteiger partial charge in [0.1, 0.15) is 17.5 Å². The summed E-state index contributed by atoms with van der Waals surface area (Å²) in [5, 5.41) is 9.68. The summed E-state index contributed by atoms with van der Waals surface area (Å²) in [5.74, 6) is 1.04. The van der Waals surface area contributed by atoms with E-state index in [0.29, 0.717) is 17.3 Å². The summed E-state index contributed by atoms with van der Waals surface area (Å²) in [5.41, 5.74) is 13.5. The Morgan fingerprint density at radius 1 is 1.35 bits per heavy atom. The normalized spacial score (nSPS) is 16.7. The van der Waals surface area contributed by atoms with Crippen LogP contribution in [0.3, 0.4) is 0 Å². The van der Waals surface area contributed by atoms with Crippen LogP contribution in [-0.4, -0.2) is 4.98 Å². The number of nitriles is 1. The number of pyridine rings is 1. The first-order chi connectivity index (χ1) is 11.0. The number of anilines is 1. The fourth-order valence-corrected chi connectivity index (χ4v) is 3.61. The minimum atomic E-state index is 0.372. The van der Waals surface area contributed by atoms with Gasteiger partial charge in [-0.05, 0) is 55.7 Å². The Bertz CT molecular complexity index is 800. The summed E-state index contributed by atoms with van der Waals surface area (Å²) in [6.45, 7) is 6.42. The molecule has 1 aliphatic carbocycles. The number of aryl methyl sites for hydroxylation is 3. The molecule has 3 heteroatoms. The highest BCUT2D eigenvalue weighted by Crippen LogP contribution is 2.39. The molecule has 0 amide bonds. The summed E-state index contributed by atoms with van der Waals surface area (Å²) in [6.07, 6.45) is 4.28. The Morgan fingerprint density at radius 2 is 2.13 bits per heavy atom. The summed E-state index contributed by atoms with van der Waals surface area (Å²) in [4.78, 5) is 4.55. The molecule has 0 spiro atoms. The number of fused-ring (bicyclic) bond motifs is 1. The van der Waals surface area contributed by atoms with Crippen LogP contribution in [-0.2, 0) is 12.8 Å². The van der Waals surface area contributed by atoms with Crippen LogP contribution in [0, 0.1) is 31.1 Å². The van der Waals surface area contributed by atoms with Gasteiger partial charge >= 0.3 is 0 Å². The molecule has 0 fully saturated rings. The fraction of sp³-hybridized carbons (Fsp3) is 0.400. The van der Waals surface area contributed by atoms with Crippen LogP contribution in [0.1, 0.15) is 47.7 Å². The molecule has 3 rings (SSSR count). The molecule has 2 N–H and O–H groups in total. The first-order valence-corrected chi connectivity index (χ1v) is 8.34. The zero-order valence-corrected chi connectivity index (χ0v) is 14.1. The van der Waals surface area contributed by atoms with Gasteiger partial charge < -0.3 is 5.73 Å². The standard InChI is InChI=1S/C20H23N3/c1-4-14-7-8-18-16(10-14)19(17(11-21)20(22)23-18)15-9-12(2)5-6-13(15)3/h5-6,9,14H,4,7-8,10H2,1-3H3,(H2,22,23). The van der Waals surface area contributed by atoms with Gasteiger partial charge in [0, 0.05) is 11.3 Å². The monoisotopic (exact) mass is 305 g/mol. The van der Waals surface area contributed by atoms with Crippen molar-refractivity contribution in [3.63, 3.8) is 0 Å². The molecule has 0 aliphatic heterocycles. The molecule has 1 aromatic carbocycles. The van der Waals surface area contributed by atoms with Gasteiger partial charge in [0.05, 0.1) is 0 Å². The fourth-order valence-electron chi connectivity index (χ4n) is 3.61. The second-order valence-corrected chi connectivity index (χ2v) is 6.62. The number of hydrogen-bond donors (Lipinski definition) is 1. The molecule has 118 valence electrons. The van der Waals surface area contributed by atoms with Gasteiger partial charge in [-0.1, -0.05) is 37.1 Å². The zero-order valence-electron chi connectivity index (χ0n) is 14.1. The third kappa shape index (κ3) is 2.70. The minimum Gasteiger partial charge on any atom is -0.383 e. The molecule has 1 atom stereocenters. The van der Waals surface area contributed by atoms with Gasteiger partial charge in [0.2, 0.25) is 0 Å². The highest BCUT2D eigenvalue weighted by molar-refractivity contribution is 5.81. The average Bonchev–Trinajstić information content (AvgIpc) is 2.55. The highest BCUT2D eigenvalue weighted by atomic mass is 14.9. The Morgan fingerprint density at radius 3 is 2.83 bits per heavy atom. The van der Waals surface area contributed by atoms with Crippen molar-refractivity contribution >= 4 is 5.82 Å². The van der Waals surface area contributed by atoms with Crippen molar-refractivity contribution in [2.24, 2.45) is 5.92 Å². The molecule has 1 aliphatic rings. The number of aromatic nitrogens is 1. The molecular weight excluding hydrogens is 282 g/mol. The molecule has 0 bridgehead atoms. The second-order valence-electron chi connectivity index (χ2n) is 6.62. The molecule has 1 unspecified atom stereocenters. The molecule has 1 aromatic heterocycles. The van der Waals surface area contributed by atoms with E-state index < -0.39 is 0 Å². The SMILES string of the molecule is CCC1CCc2nc(N)c(C#N)c(-c3cc(C)ccc3C)c2C1. The number of rotatable bonds is 2. The van der Waals surface area contributed by atoms with Crippen LogP contribution in [0.15, 0.2) is 18.2 Å². The molecular formula is C20H23N3. The Kier molecular flexibility index (Phi) is 4.09. The molecule has 23 heavy (non-hydrogen) atoms. The van der Waals surface area contributed by atoms with E-state index in [9.17, 15) is 5.26 Å². The highest BCUT2D eigenvalue weighted by Gasteiger charge is 2.26. The van der Waals surface area contributed by atoms with E-state index >= 15 is 0 Å². The van der Waals surface area contributed by atoms with Crippen molar-refractivity contribution in [3.05, 3.63) is 46.1 Å². The third-order valence-corrected chi connectivity index (χ3v) is 5.05. The van der Waals surface area contributed by atoms with E-state index in [4.69, 9.17) is 5.73 Å². The number of benzene rings is 1. The van der Waals surface area contributed by atoms with E-state index in [1.54, 1.807) is 0 Å². The molecule has 0 saturated heterocycles. The first kappa shape index (κ1) is 15.6. The van der Waals surface area contributed by atoms with E-state index in [0.717, 1.165) is 42.5 Å². The molecule has 0 radical (unpaired) electrons. The lowest BCUT2D eigenvalue weighted by molar-refractivity contribution is 0.440. The summed E-state index contributed by atoms with van der Waals surface area (Å²) < 4.78 is 0. The van der Waals surface area contributed by atoms with Crippen molar-refractivity contribution in [2.45, 2.75) is 46.5 Å². The van der Waals surface area contributed by atoms with E-state index in [-0.39, 0.29) is 0 Å². The number of hydrogen-bond acceptors (Lipinski definition) is 3. The lowest BCUT2D eigenvalue weighted by atomic mass is 9.79. The predicted molar refractivity (Wildman–Crippen MR) is 94.1 cm³/mol. The Balaban J connectivity index is 2.32. The molecule has 2 aromatic rings. The first-order valence-electron chi connectivity index (χ1n) is 8.34. The second kappa shape index (κ2) is 6.04. The van der Waals surface area contributed by atoms with Crippen molar-refractivity contribution in [1.82, 2.24) is 4.98 Å². The zero-order chi connectivity index (χ0) is 16.6. The maximum Gasteiger partial charge on any atom is 0.142 e. The summed E-state index contributed by atoms with van der Waals surface area (Å²) >= 11 is 0. The van der Waals surface area contributed by atoms with Gasteiger partial charge in [-0.2, -0.15) is 5.26 Å². The smallest absolute Gasteiger partial charge is 0.142 e. The lowest BCUT2D eigenvalue weighted by Gasteiger charge is -2.27. The van der Waals surface area contributed by atoms with Crippen molar-refractivity contribution in [3.8, 4) is 17.2 Å². The summed E-state index contributed by atoms with van der Waals surface area (Å²) in [7, 11) is 0. The third-order valence-electron chi connectivity index (χ3n) is 5.05. The van der Waals surface area contributed by atoms with Crippen LogP contribution in [0.2, 0.25) is 0 Å². The van der Waals surface area contributed by atoms with E-state index in [1.807, 2.05) is 0 Å². The van der Waals surface area contributed by atoms with Crippen LogP contribution in [0.4, 0.5) is 5.82 Å². The van der Waals surface area contributed by atoms with Gasteiger partial charge in [0.15, 0.2) is 0 Å². The predicted octanol–water partition coefficient (Wildman–Crippen LogP) is 4.33. The Hall–Kier alpha value is -2.34. The largest absolute Gasteiger partial charge is 0.383 e. The summed E-state index contributed by atoms with van der Waals surface area (Å²) in [6, 6.07) is 8.70. The lowest BCUT2D eigenvalue weighted by Crippen LogP contribution is -2.18. The van der Waals surface area contributed by atoms with Gasteiger partial charge in [-0.3, -0.25) is 0 Å². The van der Waals surface area contributed by atoms with Crippen molar-refractivity contribution in [1.29, 1.82) is 5.26 Å². The minimum absolute atomic E-state index is 0.372. The van der Waals surface area contributed by atoms with E-state index in [2.05, 4.69) is 50.0 Å². The maximum atomic E-state index is 9.68. The molecule has 1 heterocycles. The van der Waals surface area contributed by atoms with Crippen molar-refractivity contribution < 1.29 is 0 Å². The molecule has 0 saturated carbocycles. The maximum absolute atomic E-state index is 9.68. The van der Waals surface area contributed by atoms with Gasteiger partial charge in [-0.25, -0.2) is 4.98 Å². The van der Waals surface area contributed by atoms with Crippen LogP contribution >= 0.6 is 0 Å². The quantitative estimate of drug-likeness (QED) is 0.898. The topological polar surface area (TPSA) is 62.7 Å². The Labute approximate surface area is 138 Å². The number of nitrogens with zero attached hydrogens (tertiary/aromatic N) is 2. The number of nitrogens with two attached hydrogens (primary N) is 1.